The molecule has 0 radical (unpaired) electrons. The number of aliphatic hydroxyl groups is 3. The highest BCUT2D eigenvalue weighted by Crippen LogP contribution is 2.20. The van der Waals surface area contributed by atoms with Crippen LogP contribution in [-0.2, 0) is 4.74 Å². The second-order valence-corrected chi connectivity index (χ2v) is 4.25. The molecule has 8 nitrogen and oxygen atoms in total. The Morgan fingerprint density at radius 1 is 1.21 bits per heavy atom. The van der Waals surface area contributed by atoms with Crippen molar-refractivity contribution in [2.75, 3.05) is 11.9 Å². The number of nitrogens with zero attached hydrogens (tertiary/aromatic N) is 1. The summed E-state index contributed by atoms with van der Waals surface area (Å²) in [4.78, 5) is 9.97. The zero-order valence-electron chi connectivity index (χ0n) is 9.84. The lowest BCUT2D eigenvalue weighted by atomic mass is 10.0. The van der Waals surface area contributed by atoms with E-state index in [9.17, 15) is 25.4 Å². The molecule has 4 N–H and O–H groups in total. The highest BCUT2D eigenvalue weighted by molar-refractivity contribution is 5.49. The molecule has 0 bridgehead atoms. The number of ether oxygens (including phenoxy) is 1. The molecule has 19 heavy (non-hydrogen) atoms. The molecule has 2 rings (SSSR count). The molecule has 1 aromatic carbocycles. The summed E-state index contributed by atoms with van der Waals surface area (Å²) >= 11 is 0. The molecule has 8 heteroatoms. The summed E-state index contributed by atoms with van der Waals surface area (Å²) in [6.45, 7) is -0.108. The van der Waals surface area contributed by atoms with Crippen LogP contribution in [0.15, 0.2) is 24.3 Å². The van der Waals surface area contributed by atoms with E-state index in [0.717, 1.165) is 0 Å². The molecule has 1 aliphatic rings. The molecule has 1 aromatic rings. The van der Waals surface area contributed by atoms with E-state index >= 15 is 0 Å². The zero-order valence-corrected chi connectivity index (χ0v) is 9.84. The van der Waals surface area contributed by atoms with Crippen molar-refractivity contribution in [2.24, 2.45) is 0 Å². The monoisotopic (exact) mass is 270 g/mol. The van der Waals surface area contributed by atoms with Crippen molar-refractivity contribution < 1.29 is 25.0 Å². The van der Waals surface area contributed by atoms with Gasteiger partial charge in [-0.1, -0.05) is 0 Å². The molecule has 0 saturated carbocycles. The maximum atomic E-state index is 10.5. The fraction of sp³-hybridized carbons (Fsp3) is 0.455. The first-order valence-electron chi connectivity index (χ1n) is 5.66. The van der Waals surface area contributed by atoms with Crippen molar-refractivity contribution >= 4 is 11.4 Å². The number of anilines is 1. The minimum atomic E-state index is -1.30. The van der Waals surface area contributed by atoms with Crippen LogP contribution in [-0.4, -0.2) is 51.4 Å². The number of nitro benzene ring substituents is 1. The topological polar surface area (TPSA) is 125 Å². The van der Waals surface area contributed by atoms with E-state index in [1.165, 1.54) is 24.3 Å². The van der Waals surface area contributed by atoms with Gasteiger partial charge in [-0.15, -0.1) is 0 Å². The number of aliphatic hydroxyl groups excluding tert-OH is 3. The Bertz CT molecular complexity index is 451. The van der Waals surface area contributed by atoms with Crippen LogP contribution in [0.4, 0.5) is 11.4 Å². The van der Waals surface area contributed by atoms with Gasteiger partial charge in [0.15, 0.2) is 6.23 Å². The second kappa shape index (κ2) is 5.49. The van der Waals surface area contributed by atoms with Gasteiger partial charge in [-0.3, -0.25) is 10.1 Å². The van der Waals surface area contributed by atoms with Crippen LogP contribution in [0.25, 0.3) is 0 Å². The Morgan fingerprint density at radius 3 is 2.42 bits per heavy atom. The smallest absolute Gasteiger partial charge is 0.269 e. The van der Waals surface area contributed by atoms with Gasteiger partial charge in [0.1, 0.15) is 18.3 Å². The van der Waals surface area contributed by atoms with Gasteiger partial charge >= 0.3 is 0 Å². The lowest BCUT2D eigenvalue weighted by Gasteiger charge is -2.35. The van der Waals surface area contributed by atoms with Crippen LogP contribution in [0, 0.1) is 10.1 Å². The van der Waals surface area contributed by atoms with Gasteiger partial charge in [0.2, 0.25) is 0 Å². The normalized spacial score (nSPS) is 30.9. The van der Waals surface area contributed by atoms with Crippen molar-refractivity contribution in [3.63, 3.8) is 0 Å². The number of benzene rings is 1. The summed E-state index contributed by atoms with van der Waals surface area (Å²) < 4.78 is 5.15. The van der Waals surface area contributed by atoms with Gasteiger partial charge in [0, 0.05) is 17.8 Å². The number of nitro groups is 1. The molecule has 104 valence electrons. The molecule has 1 aliphatic heterocycles. The SMILES string of the molecule is O=[N+]([O-])c1ccc(N[C@@H]2OC[C@H](O)[C@@H](O)[C@@H]2O)cc1. The van der Waals surface area contributed by atoms with E-state index in [1.54, 1.807) is 0 Å². The summed E-state index contributed by atoms with van der Waals surface area (Å²) in [6, 6.07) is 5.54. The van der Waals surface area contributed by atoms with Crippen LogP contribution in [0.1, 0.15) is 0 Å². The molecule has 0 unspecified atom stereocenters. The van der Waals surface area contributed by atoms with E-state index in [4.69, 9.17) is 4.74 Å². The van der Waals surface area contributed by atoms with Gasteiger partial charge in [-0.05, 0) is 12.1 Å². The van der Waals surface area contributed by atoms with Crippen LogP contribution in [0.2, 0.25) is 0 Å². The van der Waals surface area contributed by atoms with E-state index < -0.39 is 29.5 Å². The van der Waals surface area contributed by atoms with Crippen molar-refractivity contribution in [3.8, 4) is 0 Å². The molecule has 0 aromatic heterocycles. The van der Waals surface area contributed by atoms with Crippen molar-refractivity contribution in [3.05, 3.63) is 34.4 Å². The number of nitrogens with one attached hydrogen (secondary N) is 1. The number of hydrogen-bond donors (Lipinski definition) is 4. The summed E-state index contributed by atoms with van der Waals surface area (Å²) in [5, 5.41) is 41.8. The van der Waals surface area contributed by atoms with Crippen LogP contribution in [0.5, 0.6) is 0 Å². The van der Waals surface area contributed by atoms with Crippen molar-refractivity contribution in [1.82, 2.24) is 0 Å². The maximum Gasteiger partial charge on any atom is 0.269 e. The van der Waals surface area contributed by atoms with Crippen molar-refractivity contribution in [2.45, 2.75) is 24.5 Å². The van der Waals surface area contributed by atoms with Gasteiger partial charge in [0.05, 0.1) is 11.5 Å². The van der Waals surface area contributed by atoms with Crippen molar-refractivity contribution in [1.29, 1.82) is 0 Å². The largest absolute Gasteiger partial charge is 0.388 e. The number of rotatable bonds is 3. The highest BCUT2D eigenvalue weighted by atomic mass is 16.6. The Kier molecular flexibility index (Phi) is 3.96. The standard InChI is InChI=1S/C11H14N2O6/c14-8-5-19-11(10(16)9(8)15)12-6-1-3-7(4-2-6)13(17)18/h1-4,8-12,14-16H,5H2/t8-,9+,10-,11+/m0/s1. The van der Waals surface area contributed by atoms with E-state index in [2.05, 4.69) is 5.32 Å². The lowest BCUT2D eigenvalue weighted by molar-refractivity contribution is -0.384. The molecule has 1 heterocycles. The predicted octanol–water partition coefficient (Wildman–Crippen LogP) is -0.554. The Labute approximate surface area is 108 Å². The second-order valence-electron chi connectivity index (χ2n) is 4.25. The van der Waals surface area contributed by atoms with Crippen LogP contribution >= 0.6 is 0 Å². The molecular weight excluding hydrogens is 256 g/mol. The molecule has 4 atom stereocenters. The Hall–Kier alpha value is -1.74. The highest BCUT2D eigenvalue weighted by Gasteiger charge is 2.37. The van der Waals surface area contributed by atoms with Gasteiger partial charge in [0.25, 0.3) is 5.69 Å². The van der Waals surface area contributed by atoms with E-state index in [1.807, 2.05) is 0 Å². The molecule has 0 amide bonds. The van der Waals surface area contributed by atoms with Gasteiger partial charge in [-0.2, -0.15) is 0 Å². The average molecular weight is 270 g/mol. The first-order valence-corrected chi connectivity index (χ1v) is 5.66. The van der Waals surface area contributed by atoms with Gasteiger partial charge < -0.3 is 25.4 Å². The fourth-order valence-corrected chi connectivity index (χ4v) is 1.78. The van der Waals surface area contributed by atoms with Gasteiger partial charge in [-0.25, -0.2) is 0 Å². The summed E-state index contributed by atoms with van der Waals surface area (Å²) in [5.41, 5.74) is 0.448. The molecule has 1 fully saturated rings. The molecule has 0 aliphatic carbocycles. The van der Waals surface area contributed by atoms with Crippen LogP contribution < -0.4 is 5.32 Å². The van der Waals surface area contributed by atoms with E-state index in [0.29, 0.717) is 5.69 Å². The van der Waals surface area contributed by atoms with E-state index in [-0.39, 0.29) is 12.3 Å². The summed E-state index contributed by atoms with van der Waals surface area (Å²) in [7, 11) is 0. The first-order chi connectivity index (χ1) is 8.99. The minimum Gasteiger partial charge on any atom is -0.388 e. The minimum absolute atomic E-state index is 0.0499. The quantitative estimate of drug-likeness (QED) is 0.428. The number of non-ortho nitro benzene ring substituents is 1. The van der Waals surface area contributed by atoms with Crippen LogP contribution in [0.3, 0.4) is 0 Å². The molecule has 0 spiro atoms. The first kappa shape index (κ1) is 13.7. The lowest BCUT2D eigenvalue weighted by Crippen LogP contribution is -2.55. The fourth-order valence-electron chi connectivity index (χ4n) is 1.78. The zero-order chi connectivity index (χ0) is 14.0. The molecule has 1 saturated heterocycles. The maximum absolute atomic E-state index is 10.5. The Balaban J connectivity index is 2.03. The average Bonchev–Trinajstić information content (AvgIpc) is 2.40. The third kappa shape index (κ3) is 2.99. The third-order valence-electron chi connectivity index (χ3n) is 2.89. The predicted molar refractivity (Wildman–Crippen MR) is 64.5 cm³/mol. The summed E-state index contributed by atoms with van der Waals surface area (Å²) in [6.07, 6.45) is -4.62. The summed E-state index contributed by atoms with van der Waals surface area (Å²) in [5.74, 6) is 0. The third-order valence-corrected chi connectivity index (χ3v) is 2.89. The molecular formula is C11H14N2O6. The number of hydrogen-bond acceptors (Lipinski definition) is 7. The Morgan fingerprint density at radius 2 is 1.84 bits per heavy atom.